The van der Waals surface area contributed by atoms with Crippen molar-refractivity contribution in [2.75, 3.05) is 43.4 Å². The number of benzene rings is 2. The van der Waals surface area contributed by atoms with E-state index in [-0.39, 0.29) is 5.91 Å². The molecule has 2 aromatic carbocycles. The van der Waals surface area contributed by atoms with Gasteiger partial charge in [-0.1, -0.05) is 19.1 Å². The molecule has 7 nitrogen and oxygen atoms in total. The first-order valence-electron chi connectivity index (χ1n) is 12.5. The van der Waals surface area contributed by atoms with Crippen molar-refractivity contribution in [2.45, 2.75) is 45.1 Å². The molecule has 0 unspecified atom stereocenters. The molecule has 3 aromatic rings. The Labute approximate surface area is 201 Å². The lowest BCUT2D eigenvalue weighted by Crippen LogP contribution is -2.45. The quantitative estimate of drug-likeness (QED) is 0.546. The number of piperidine rings is 1. The minimum Gasteiger partial charge on any atom is -0.340 e. The van der Waals surface area contributed by atoms with Gasteiger partial charge in [0.1, 0.15) is 12.1 Å². The fourth-order valence-electron chi connectivity index (χ4n) is 5.19. The summed E-state index contributed by atoms with van der Waals surface area (Å²) < 4.78 is 0. The van der Waals surface area contributed by atoms with Crippen molar-refractivity contribution in [1.82, 2.24) is 19.8 Å². The smallest absolute Gasteiger partial charge is 0.238 e. The molecule has 2 aliphatic rings. The molecule has 7 heteroatoms. The third-order valence-corrected chi connectivity index (χ3v) is 7.10. The summed E-state index contributed by atoms with van der Waals surface area (Å²) in [5, 5.41) is 7.38. The van der Waals surface area contributed by atoms with Gasteiger partial charge < -0.3 is 15.5 Å². The Bertz CT molecular complexity index is 1130. The van der Waals surface area contributed by atoms with Gasteiger partial charge in [-0.2, -0.15) is 0 Å². The van der Waals surface area contributed by atoms with E-state index in [2.05, 4.69) is 49.5 Å². The second kappa shape index (κ2) is 10.5. The van der Waals surface area contributed by atoms with E-state index in [1.54, 1.807) is 6.33 Å². The lowest BCUT2D eigenvalue weighted by molar-refractivity contribution is -0.117. The standard InChI is InChI=1S/C27H34N6O/c1-2-20-6-5-7-21(16-20)31-27-24-17-22(8-9-25(24)28-19-29-27)30-26(34)18-32-14-10-23(11-15-32)33-12-3-4-13-33/h5-9,16-17,19,23H,2-4,10-15,18H2,1H3,(H,30,34)(H,28,29,31). The number of aromatic nitrogens is 2. The second-order valence-electron chi connectivity index (χ2n) is 9.43. The Hall–Kier alpha value is -3.03. The summed E-state index contributed by atoms with van der Waals surface area (Å²) >= 11 is 0. The minimum atomic E-state index is 0.0287. The summed E-state index contributed by atoms with van der Waals surface area (Å²) in [6, 6.07) is 14.8. The van der Waals surface area contributed by atoms with E-state index in [0.29, 0.717) is 12.6 Å². The Kier molecular flexibility index (Phi) is 7.02. The van der Waals surface area contributed by atoms with E-state index in [1.807, 2.05) is 30.3 Å². The van der Waals surface area contributed by atoms with Crippen LogP contribution in [0.3, 0.4) is 0 Å². The molecule has 178 valence electrons. The summed E-state index contributed by atoms with van der Waals surface area (Å²) in [6.07, 6.45) is 7.54. The highest BCUT2D eigenvalue weighted by Crippen LogP contribution is 2.26. The number of rotatable bonds is 7. The lowest BCUT2D eigenvalue weighted by atomic mass is 10.0. The van der Waals surface area contributed by atoms with E-state index in [1.165, 1.54) is 31.5 Å². The van der Waals surface area contributed by atoms with E-state index >= 15 is 0 Å². The number of hydrogen-bond acceptors (Lipinski definition) is 6. The highest BCUT2D eigenvalue weighted by atomic mass is 16.2. The average molecular weight is 459 g/mol. The molecule has 0 saturated carbocycles. The number of nitrogens with zero attached hydrogens (tertiary/aromatic N) is 4. The van der Waals surface area contributed by atoms with Gasteiger partial charge in [0, 0.05) is 35.9 Å². The summed E-state index contributed by atoms with van der Waals surface area (Å²) in [6.45, 7) is 7.06. The van der Waals surface area contributed by atoms with Crippen molar-refractivity contribution in [1.29, 1.82) is 0 Å². The molecule has 5 rings (SSSR count). The van der Waals surface area contributed by atoms with Crippen molar-refractivity contribution in [3.05, 3.63) is 54.4 Å². The van der Waals surface area contributed by atoms with Gasteiger partial charge in [-0.05, 0) is 81.1 Å². The van der Waals surface area contributed by atoms with Crippen molar-refractivity contribution in [2.24, 2.45) is 0 Å². The average Bonchev–Trinajstić information content (AvgIpc) is 3.40. The highest BCUT2D eigenvalue weighted by molar-refractivity contribution is 5.97. The third-order valence-electron chi connectivity index (χ3n) is 7.10. The Morgan fingerprint density at radius 1 is 1.00 bits per heavy atom. The monoisotopic (exact) mass is 458 g/mol. The van der Waals surface area contributed by atoms with Crippen LogP contribution in [0.5, 0.6) is 0 Å². The molecule has 0 bridgehead atoms. The summed E-state index contributed by atoms with van der Waals surface area (Å²) in [5.41, 5.74) is 3.86. The minimum absolute atomic E-state index is 0.0287. The van der Waals surface area contributed by atoms with Gasteiger partial charge in [-0.3, -0.25) is 9.69 Å². The Balaban J connectivity index is 1.22. The number of likely N-dealkylation sites (tertiary alicyclic amines) is 2. The van der Waals surface area contributed by atoms with Gasteiger partial charge in [0.25, 0.3) is 0 Å². The Morgan fingerprint density at radius 3 is 2.62 bits per heavy atom. The van der Waals surface area contributed by atoms with Gasteiger partial charge in [0.15, 0.2) is 0 Å². The van der Waals surface area contributed by atoms with Gasteiger partial charge in [-0.25, -0.2) is 9.97 Å². The number of fused-ring (bicyclic) bond motifs is 1. The van der Waals surface area contributed by atoms with Crippen LogP contribution < -0.4 is 10.6 Å². The van der Waals surface area contributed by atoms with Crippen molar-refractivity contribution in [3.8, 4) is 0 Å². The maximum absolute atomic E-state index is 12.8. The number of nitrogens with one attached hydrogen (secondary N) is 2. The molecular formula is C27H34N6O. The number of carbonyl (C=O) groups excluding carboxylic acids is 1. The molecule has 0 spiro atoms. The molecule has 2 fully saturated rings. The number of anilines is 3. The van der Waals surface area contributed by atoms with Crippen LogP contribution >= 0.6 is 0 Å². The number of amides is 1. The first-order chi connectivity index (χ1) is 16.7. The third kappa shape index (κ3) is 5.37. The highest BCUT2D eigenvalue weighted by Gasteiger charge is 2.27. The largest absolute Gasteiger partial charge is 0.340 e. The summed E-state index contributed by atoms with van der Waals surface area (Å²) in [7, 11) is 0. The van der Waals surface area contributed by atoms with Crippen LogP contribution in [0.4, 0.5) is 17.2 Å². The van der Waals surface area contributed by atoms with Crippen LogP contribution in [-0.2, 0) is 11.2 Å². The van der Waals surface area contributed by atoms with Crippen LogP contribution in [0.25, 0.3) is 10.9 Å². The van der Waals surface area contributed by atoms with Gasteiger partial charge in [-0.15, -0.1) is 0 Å². The molecular weight excluding hydrogens is 424 g/mol. The van der Waals surface area contributed by atoms with E-state index < -0.39 is 0 Å². The second-order valence-corrected chi connectivity index (χ2v) is 9.43. The van der Waals surface area contributed by atoms with Crippen LogP contribution in [0.1, 0.15) is 38.2 Å². The zero-order valence-corrected chi connectivity index (χ0v) is 20.0. The molecule has 0 atom stereocenters. The fourth-order valence-corrected chi connectivity index (χ4v) is 5.19. The van der Waals surface area contributed by atoms with Crippen molar-refractivity contribution >= 4 is 34.0 Å². The van der Waals surface area contributed by atoms with Crippen LogP contribution in [0.2, 0.25) is 0 Å². The molecule has 3 heterocycles. The van der Waals surface area contributed by atoms with Gasteiger partial charge >= 0.3 is 0 Å². The topological polar surface area (TPSA) is 73.4 Å². The zero-order valence-electron chi connectivity index (χ0n) is 20.0. The van der Waals surface area contributed by atoms with Crippen LogP contribution in [-0.4, -0.2) is 64.4 Å². The molecule has 0 aliphatic carbocycles. The molecule has 2 aliphatic heterocycles. The molecule has 1 amide bonds. The van der Waals surface area contributed by atoms with E-state index in [4.69, 9.17) is 0 Å². The molecule has 2 saturated heterocycles. The number of hydrogen-bond donors (Lipinski definition) is 2. The molecule has 1 aromatic heterocycles. The maximum atomic E-state index is 12.8. The molecule has 0 radical (unpaired) electrons. The van der Waals surface area contributed by atoms with Crippen molar-refractivity contribution in [3.63, 3.8) is 0 Å². The number of aryl methyl sites for hydroxylation is 1. The van der Waals surface area contributed by atoms with E-state index in [0.717, 1.165) is 60.4 Å². The molecule has 34 heavy (non-hydrogen) atoms. The summed E-state index contributed by atoms with van der Waals surface area (Å²) in [5.74, 6) is 0.763. The van der Waals surface area contributed by atoms with E-state index in [9.17, 15) is 4.79 Å². The maximum Gasteiger partial charge on any atom is 0.238 e. The van der Waals surface area contributed by atoms with Crippen LogP contribution in [0, 0.1) is 0 Å². The predicted molar refractivity (Wildman–Crippen MR) is 138 cm³/mol. The van der Waals surface area contributed by atoms with Crippen molar-refractivity contribution < 1.29 is 4.79 Å². The number of carbonyl (C=O) groups is 1. The Morgan fingerprint density at radius 2 is 1.82 bits per heavy atom. The zero-order chi connectivity index (χ0) is 23.3. The normalized spacial score (nSPS) is 17.8. The summed E-state index contributed by atoms with van der Waals surface area (Å²) in [4.78, 5) is 26.6. The predicted octanol–water partition coefficient (Wildman–Crippen LogP) is 4.43. The SMILES string of the molecule is CCc1cccc(Nc2ncnc3ccc(NC(=O)CN4CCC(N5CCCC5)CC4)cc23)c1. The van der Waals surface area contributed by atoms with Crippen LogP contribution in [0.15, 0.2) is 48.8 Å². The molecule has 2 N–H and O–H groups in total. The first kappa shape index (κ1) is 22.7. The first-order valence-corrected chi connectivity index (χ1v) is 12.5. The van der Waals surface area contributed by atoms with Gasteiger partial charge in [0.05, 0.1) is 12.1 Å². The van der Waals surface area contributed by atoms with Gasteiger partial charge in [0.2, 0.25) is 5.91 Å². The lowest BCUT2D eigenvalue weighted by Gasteiger charge is -2.36. The fraction of sp³-hybridized carbons (Fsp3) is 0.444.